The van der Waals surface area contributed by atoms with Gasteiger partial charge in [-0.25, -0.2) is 0 Å². The van der Waals surface area contributed by atoms with Crippen LogP contribution in [0, 0.1) is 0 Å². The molecule has 0 aliphatic carbocycles. The maximum atomic E-state index is 10.7. The zero-order chi connectivity index (χ0) is 10.9. The maximum absolute atomic E-state index is 10.7. The first kappa shape index (κ1) is 16.6. The van der Waals surface area contributed by atoms with Gasteiger partial charge in [0.2, 0.25) is 0 Å². The second-order valence-corrected chi connectivity index (χ2v) is 9.51. The first-order valence-electron chi connectivity index (χ1n) is 4.25. The summed E-state index contributed by atoms with van der Waals surface area (Å²) in [6, 6.07) is 1.07. The summed E-state index contributed by atoms with van der Waals surface area (Å²) in [6.07, 6.45) is 0.492. The molecule has 0 aromatic heterocycles. The van der Waals surface area contributed by atoms with Crippen LogP contribution in [0.3, 0.4) is 0 Å². The molecule has 0 fully saturated rings. The average Bonchev–Trinajstić information content (AvgIpc) is 2.05. The summed E-state index contributed by atoms with van der Waals surface area (Å²) < 4.78 is 4.96. The van der Waals surface area contributed by atoms with E-state index < -0.39 is 8.07 Å². The molecule has 0 heterocycles. The van der Waals surface area contributed by atoms with Crippen molar-refractivity contribution >= 4 is 51.3 Å². The van der Waals surface area contributed by atoms with Crippen LogP contribution in [0.1, 0.15) is 13.3 Å². The summed E-state index contributed by atoms with van der Waals surface area (Å²) >= 11 is 4.24. The van der Waals surface area contributed by atoms with E-state index in [0.29, 0.717) is 13.0 Å². The molecule has 0 aromatic carbocycles. The molecule has 0 aromatic rings. The topological polar surface area (TPSA) is 26.3 Å². The lowest BCUT2D eigenvalue weighted by Crippen LogP contribution is -2.22. The van der Waals surface area contributed by atoms with Crippen molar-refractivity contribution in [1.29, 1.82) is 0 Å². The van der Waals surface area contributed by atoms with Crippen molar-refractivity contribution in [2.45, 2.75) is 39.0 Å². The van der Waals surface area contributed by atoms with Crippen molar-refractivity contribution in [2.24, 2.45) is 0 Å². The lowest BCUT2D eigenvalue weighted by atomic mass is 10.5. The van der Waals surface area contributed by atoms with Gasteiger partial charge < -0.3 is 4.74 Å². The van der Waals surface area contributed by atoms with E-state index >= 15 is 0 Å². The highest BCUT2D eigenvalue weighted by atomic mass is 128. The van der Waals surface area contributed by atoms with Crippen LogP contribution in [0.5, 0.6) is 0 Å². The Kier molecular flexibility index (Phi) is 12.4. The van der Waals surface area contributed by atoms with E-state index in [1.54, 1.807) is 0 Å². The van der Waals surface area contributed by atoms with Gasteiger partial charge in [-0.15, -0.1) is 0 Å². The molecule has 0 rings (SSSR count). The first-order chi connectivity index (χ1) is 5.95. The fourth-order valence-electron chi connectivity index (χ4n) is 0.573. The van der Waals surface area contributed by atoms with Crippen LogP contribution in [-0.4, -0.2) is 20.7 Å². The zero-order valence-corrected chi connectivity index (χ0v) is 14.0. The summed E-state index contributed by atoms with van der Waals surface area (Å²) in [5.41, 5.74) is 0. The summed E-state index contributed by atoms with van der Waals surface area (Å²) in [6.45, 7) is 9.24. The van der Waals surface area contributed by atoms with Crippen molar-refractivity contribution in [3.8, 4) is 0 Å². The lowest BCUT2D eigenvalue weighted by Gasteiger charge is -2.14. The highest BCUT2D eigenvalue weighted by molar-refractivity contribution is 15.0. The Bertz CT molecular complexity index is 135. The average molecular weight is 428 g/mol. The number of hydrogen-bond acceptors (Lipinski definition) is 2. The molecule has 0 bridgehead atoms. The number of carbonyl (C=O) groups excluding carboxylic acids is 1. The van der Waals surface area contributed by atoms with E-state index in [0.717, 1.165) is 6.04 Å². The lowest BCUT2D eigenvalue weighted by molar-refractivity contribution is -0.142. The van der Waals surface area contributed by atoms with Crippen molar-refractivity contribution in [1.82, 2.24) is 0 Å². The van der Waals surface area contributed by atoms with Gasteiger partial charge in [-0.3, -0.25) is 4.79 Å². The van der Waals surface area contributed by atoms with E-state index in [-0.39, 0.29) is 5.97 Å². The van der Waals surface area contributed by atoms with Gasteiger partial charge in [-0.05, 0) is 6.04 Å². The van der Waals surface area contributed by atoms with Gasteiger partial charge in [0.15, 0.2) is 0 Å². The second kappa shape index (κ2) is 9.69. The molecule has 0 saturated heterocycles. The van der Waals surface area contributed by atoms with Crippen LogP contribution in [0.25, 0.3) is 0 Å². The molecule has 0 aliphatic rings. The second-order valence-electron chi connectivity index (χ2n) is 3.88. The standard InChI is InChI=1S/C8H18O2Si.I2/c1-5-8(9)10-6-7-11(2,3)4;1-2/h5-7H2,1-4H3;. The summed E-state index contributed by atoms with van der Waals surface area (Å²) in [5.74, 6) is -0.0803. The fourth-order valence-corrected chi connectivity index (χ4v) is 1.29. The number of rotatable bonds is 4. The van der Waals surface area contributed by atoms with Crippen LogP contribution in [0.15, 0.2) is 0 Å². The minimum atomic E-state index is -1.01. The van der Waals surface area contributed by atoms with Crippen LogP contribution in [-0.2, 0) is 9.53 Å². The highest BCUT2D eigenvalue weighted by Crippen LogP contribution is 2.07. The Balaban J connectivity index is 0. The third-order valence-electron chi connectivity index (χ3n) is 1.40. The molecule has 2 nitrogen and oxygen atoms in total. The maximum Gasteiger partial charge on any atom is 0.305 e. The van der Waals surface area contributed by atoms with E-state index in [9.17, 15) is 4.79 Å². The SMILES string of the molecule is CCC(=O)OCC[Si](C)(C)C.II. The first-order valence-corrected chi connectivity index (χ1v) is 14.2. The molecule has 0 atom stereocenters. The van der Waals surface area contributed by atoms with E-state index in [2.05, 4.69) is 56.9 Å². The molecular weight excluding hydrogens is 410 g/mol. The van der Waals surface area contributed by atoms with Gasteiger partial charge in [-0.2, -0.15) is 0 Å². The van der Waals surface area contributed by atoms with Crippen LogP contribution >= 0.6 is 37.2 Å². The van der Waals surface area contributed by atoms with E-state index in [4.69, 9.17) is 4.74 Å². The molecule has 0 amide bonds. The van der Waals surface area contributed by atoms with Crippen molar-refractivity contribution in [2.75, 3.05) is 6.61 Å². The van der Waals surface area contributed by atoms with Gasteiger partial charge in [0.25, 0.3) is 0 Å². The van der Waals surface area contributed by atoms with Crippen molar-refractivity contribution in [3.05, 3.63) is 0 Å². The minimum Gasteiger partial charge on any atom is -0.466 e. The molecule has 80 valence electrons. The van der Waals surface area contributed by atoms with Crippen LogP contribution in [0.4, 0.5) is 0 Å². The molecule has 0 aliphatic heterocycles. The van der Waals surface area contributed by atoms with Crippen molar-refractivity contribution in [3.63, 3.8) is 0 Å². The van der Waals surface area contributed by atoms with Gasteiger partial charge in [0.1, 0.15) is 0 Å². The number of ether oxygens (including phenoxy) is 1. The Morgan fingerprint density at radius 3 is 2.08 bits per heavy atom. The van der Waals surface area contributed by atoms with Crippen molar-refractivity contribution < 1.29 is 9.53 Å². The smallest absolute Gasteiger partial charge is 0.305 e. The third kappa shape index (κ3) is 15.9. The molecule has 0 spiro atoms. The Hall–Kier alpha value is 1.15. The van der Waals surface area contributed by atoms with E-state index in [1.807, 2.05) is 6.92 Å². The zero-order valence-electron chi connectivity index (χ0n) is 8.69. The predicted octanol–water partition coefficient (Wildman–Crippen LogP) is 4.05. The molecule has 13 heavy (non-hydrogen) atoms. The van der Waals surface area contributed by atoms with Gasteiger partial charge in [0, 0.05) is 51.7 Å². The summed E-state index contributed by atoms with van der Waals surface area (Å²) in [4.78, 5) is 10.7. The van der Waals surface area contributed by atoms with E-state index in [1.165, 1.54) is 0 Å². The number of esters is 1. The summed E-state index contributed by atoms with van der Waals surface area (Å²) in [5, 5.41) is 0. The van der Waals surface area contributed by atoms with Gasteiger partial charge in [0.05, 0.1) is 6.61 Å². The fraction of sp³-hybridized carbons (Fsp3) is 0.875. The summed E-state index contributed by atoms with van der Waals surface area (Å²) in [7, 11) is -1.01. The quantitative estimate of drug-likeness (QED) is 0.384. The molecule has 0 unspecified atom stereocenters. The van der Waals surface area contributed by atoms with Gasteiger partial charge in [-0.1, -0.05) is 26.6 Å². The predicted molar refractivity (Wildman–Crippen MR) is 77.4 cm³/mol. The minimum absolute atomic E-state index is 0.0803. The van der Waals surface area contributed by atoms with Gasteiger partial charge >= 0.3 is 5.97 Å². The monoisotopic (exact) mass is 428 g/mol. The molecule has 5 heteroatoms. The molecular formula is C8H18I2O2Si. The third-order valence-corrected chi connectivity index (χ3v) is 3.11. The number of halogens is 2. The Labute approximate surface area is 106 Å². The Morgan fingerprint density at radius 2 is 1.77 bits per heavy atom. The molecule has 0 N–H and O–H groups in total. The molecule has 0 saturated carbocycles. The number of carbonyl (C=O) groups is 1. The highest BCUT2D eigenvalue weighted by Gasteiger charge is 2.12. The largest absolute Gasteiger partial charge is 0.466 e. The Morgan fingerprint density at radius 1 is 1.31 bits per heavy atom. The normalized spacial score (nSPS) is 10.0. The van der Waals surface area contributed by atoms with Crippen LogP contribution in [0.2, 0.25) is 25.7 Å². The number of hydrogen-bond donors (Lipinski definition) is 0. The van der Waals surface area contributed by atoms with Crippen LogP contribution < -0.4 is 0 Å². The molecule has 0 radical (unpaired) electrons.